The predicted octanol–water partition coefficient (Wildman–Crippen LogP) is 0.986. The highest BCUT2D eigenvalue weighted by Crippen LogP contribution is 2.16. The van der Waals surface area contributed by atoms with Crippen molar-refractivity contribution in [3.05, 3.63) is 39.7 Å². The number of benzene rings is 1. The van der Waals surface area contributed by atoms with Gasteiger partial charge in [0, 0.05) is 38.8 Å². The Morgan fingerprint density at radius 3 is 2.63 bits per heavy atom. The minimum atomic E-state index is -0.581. The second-order valence-electron chi connectivity index (χ2n) is 4.70. The molecule has 0 atom stereocenters. The van der Waals surface area contributed by atoms with Crippen molar-refractivity contribution in [1.82, 2.24) is 15.3 Å². The van der Waals surface area contributed by atoms with Crippen molar-refractivity contribution in [1.29, 1.82) is 0 Å². The highest BCUT2D eigenvalue weighted by Gasteiger charge is 2.14. The first-order valence-electron chi connectivity index (χ1n) is 6.15. The summed E-state index contributed by atoms with van der Waals surface area (Å²) < 4.78 is 13.3. The van der Waals surface area contributed by atoms with Crippen molar-refractivity contribution in [2.75, 3.05) is 33.2 Å². The monoisotopic (exact) mass is 268 g/mol. The van der Waals surface area contributed by atoms with E-state index in [0.29, 0.717) is 12.1 Å². The molecule has 0 aromatic heterocycles. The number of halogens is 1. The number of nitro groups is 1. The van der Waals surface area contributed by atoms with E-state index in [2.05, 4.69) is 22.4 Å². The summed E-state index contributed by atoms with van der Waals surface area (Å²) in [6.45, 7) is 4.09. The molecule has 0 unspecified atom stereocenters. The molecule has 0 saturated carbocycles. The fraction of sp³-hybridized carbons (Fsp3) is 0.500. The van der Waals surface area contributed by atoms with E-state index in [-0.39, 0.29) is 5.69 Å². The van der Waals surface area contributed by atoms with Gasteiger partial charge in [-0.1, -0.05) is 0 Å². The van der Waals surface area contributed by atoms with Crippen LogP contribution in [0.5, 0.6) is 0 Å². The van der Waals surface area contributed by atoms with Gasteiger partial charge in [-0.2, -0.15) is 0 Å². The minimum Gasteiger partial charge on any atom is -0.304 e. The molecule has 1 N–H and O–H groups in total. The zero-order chi connectivity index (χ0) is 13.8. The molecule has 0 bridgehead atoms. The summed E-state index contributed by atoms with van der Waals surface area (Å²) in [6.07, 6.45) is 0. The lowest BCUT2D eigenvalue weighted by Crippen LogP contribution is -2.50. The molecule has 1 fully saturated rings. The highest BCUT2D eigenvalue weighted by atomic mass is 19.1. The second-order valence-corrected chi connectivity index (χ2v) is 4.70. The van der Waals surface area contributed by atoms with Crippen LogP contribution in [0.15, 0.2) is 18.2 Å². The lowest BCUT2D eigenvalue weighted by Gasteiger charge is -2.32. The molecule has 1 aromatic rings. The molecule has 6 nitrogen and oxygen atoms in total. The molecule has 19 heavy (non-hydrogen) atoms. The van der Waals surface area contributed by atoms with Gasteiger partial charge in [-0.25, -0.2) is 9.40 Å². The van der Waals surface area contributed by atoms with E-state index in [1.54, 1.807) is 0 Å². The van der Waals surface area contributed by atoms with Gasteiger partial charge in [-0.05, 0) is 18.7 Å². The Bertz CT molecular complexity index is 461. The first-order chi connectivity index (χ1) is 9.04. The number of likely N-dealkylation sites (N-methyl/N-ethyl adjacent to an activating group) is 1. The number of nitro benzene ring substituents is 1. The number of nitrogens with one attached hydrogen (secondary N) is 1. The van der Waals surface area contributed by atoms with Crippen LogP contribution < -0.4 is 5.43 Å². The predicted molar refractivity (Wildman–Crippen MR) is 69.0 cm³/mol. The third kappa shape index (κ3) is 3.95. The van der Waals surface area contributed by atoms with Crippen LogP contribution in [0, 0.1) is 15.9 Å². The van der Waals surface area contributed by atoms with Gasteiger partial charge in [0.1, 0.15) is 5.82 Å². The summed E-state index contributed by atoms with van der Waals surface area (Å²) in [4.78, 5) is 12.3. The fourth-order valence-electron chi connectivity index (χ4n) is 2.01. The first kappa shape index (κ1) is 13.9. The van der Waals surface area contributed by atoms with Crippen molar-refractivity contribution in [3.63, 3.8) is 0 Å². The average molecular weight is 268 g/mol. The molecule has 7 heteroatoms. The number of hydrogen-bond acceptors (Lipinski definition) is 5. The van der Waals surface area contributed by atoms with Gasteiger partial charge in [0.15, 0.2) is 0 Å². The van der Waals surface area contributed by atoms with Crippen molar-refractivity contribution >= 4 is 5.69 Å². The van der Waals surface area contributed by atoms with Crippen LogP contribution in [-0.2, 0) is 6.54 Å². The molecule has 1 aliphatic heterocycles. The third-order valence-electron chi connectivity index (χ3n) is 3.16. The van der Waals surface area contributed by atoms with E-state index in [0.717, 1.165) is 32.2 Å². The maximum absolute atomic E-state index is 13.3. The molecule has 104 valence electrons. The van der Waals surface area contributed by atoms with Gasteiger partial charge in [0.2, 0.25) is 0 Å². The number of hydrazine groups is 1. The van der Waals surface area contributed by atoms with Crippen molar-refractivity contribution in [2.24, 2.45) is 0 Å². The zero-order valence-electron chi connectivity index (χ0n) is 10.8. The largest absolute Gasteiger partial charge is 0.304 e. The SMILES string of the molecule is CN1CCN(NCc2cc(F)cc([N+](=O)[O-])c2)CC1. The molecular formula is C12H17FN4O2. The van der Waals surface area contributed by atoms with Gasteiger partial charge in [-0.3, -0.25) is 15.5 Å². The summed E-state index contributed by atoms with van der Waals surface area (Å²) >= 11 is 0. The molecule has 2 rings (SSSR count). The van der Waals surface area contributed by atoms with Gasteiger partial charge < -0.3 is 4.90 Å². The number of non-ortho nitro benzene ring substituents is 1. The lowest BCUT2D eigenvalue weighted by atomic mass is 10.2. The standard InChI is InChI=1S/C12H17FN4O2/c1-15-2-4-16(5-3-15)14-9-10-6-11(13)8-12(7-10)17(18)19/h6-8,14H,2-5,9H2,1H3. The van der Waals surface area contributed by atoms with E-state index in [4.69, 9.17) is 0 Å². The maximum Gasteiger partial charge on any atom is 0.272 e. The van der Waals surface area contributed by atoms with E-state index < -0.39 is 10.7 Å². The Morgan fingerprint density at radius 2 is 2.00 bits per heavy atom. The Kier molecular flexibility index (Phi) is 4.41. The number of hydrogen-bond donors (Lipinski definition) is 1. The van der Waals surface area contributed by atoms with Crippen molar-refractivity contribution < 1.29 is 9.31 Å². The lowest BCUT2D eigenvalue weighted by molar-refractivity contribution is -0.385. The van der Waals surface area contributed by atoms with Gasteiger partial charge in [0.05, 0.1) is 11.0 Å². The van der Waals surface area contributed by atoms with Crippen molar-refractivity contribution in [3.8, 4) is 0 Å². The smallest absolute Gasteiger partial charge is 0.272 e. The topological polar surface area (TPSA) is 61.6 Å². The second kappa shape index (κ2) is 6.05. The highest BCUT2D eigenvalue weighted by molar-refractivity contribution is 5.35. The van der Waals surface area contributed by atoms with Gasteiger partial charge >= 0.3 is 0 Å². The van der Waals surface area contributed by atoms with Gasteiger partial charge in [-0.15, -0.1) is 0 Å². The van der Waals surface area contributed by atoms with Crippen LogP contribution in [0.4, 0.5) is 10.1 Å². The van der Waals surface area contributed by atoms with E-state index in [1.165, 1.54) is 12.1 Å². The Labute approximate surface area is 110 Å². The fourth-order valence-corrected chi connectivity index (χ4v) is 2.01. The maximum atomic E-state index is 13.3. The quantitative estimate of drug-likeness (QED) is 0.651. The minimum absolute atomic E-state index is 0.213. The normalized spacial score (nSPS) is 17.6. The third-order valence-corrected chi connectivity index (χ3v) is 3.16. The number of nitrogens with zero attached hydrogens (tertiary/aromatic N) is 3. The van der Waals surface area contributed by atoms with Crippen LogP contribution in [-0.4, -0.2) is 48.1 Å². The molecule has 0 spiro atoms. The van der Waals surface area contributed by atoms with E-state index >= 15 is 0 Å². The van der Waals surface area contributed by atoms with E-state index in [9.17, 15) is 14.5 Å². The molecular weight excluding hydrogens is 251 g/mol. The Balaban J connectivity index is 1.94. The van der Waals surface area contributed by atoms with Gasteiger partial charge in [0.25, 0.3) is 5.69 Å². The summed E-state index contributed by atoms with van der Waals surface area (Å²) in [5, 5.41) is 12.7. The van der Waals surface area contributed by atoms with Crippen LogP contribution in [0.25, 0.3) is 0 Å². The van der Waals surface area contributed by atoms with Crippen LogP contribution in [0.2, 0.25) is 0 Å². The van der Waals surface area contributed by atoms with E-state index in [1.807, 2.05) is 0 Å². The number of piperazine rings is 1. The van der Waals surface area contributed by atoms with Crippen LogP contribution >= 0.6 is 0 Å². The Morgan fingerprint density at radius 1 is 1.32 bits per heavy atom. The molecule has 0 radical (unpaired) electrons. The molecule has 1 heterocycles. The molecule has 1 aromatic carbocycles. The summed E-state index contributed by atoms with van der Waals surface area (Å²) in [6, 6.07) is 3.64. The molecule has 0 amide bonds. The van der Waals surface area contributed by atoms with Crippen LogP contribution in [0.3, 0.4) is 0 Å². The summed E-state index contributed by atoms with van der Waals surface area (Å²) in [5.74, 6) is -0.579. The average Bonchev–Trinajstić information content (AvgIpc) is 2.37. The molecule has 1 aliphatic rings. The van der Waals surface area contributed by atoms with Crippen molar-refractivity contribution in [2.45, 2.75) is 6.54 Å². The summed E-state index contributed by atoms with van der Waals surface area (Å²) in [5.41, 5.74) is 3.53. The molecule has 1 saturated heterocycles. The summed E-state index contributed by atoms with van der Waals surface area (Å²) in [7, 11) is 2.06. The zero-order valence-corrected chi connectivity index (χ0v) is 10.8. The van der Waals surface area contributed by atoms with Crippen LogP contribution in [0.1, 0.15) is 5.56 Å². The molecule has 0 aliphatic carbocycles. The Hall–Kier alpha value is -1.57. The first-order valence-corrected chi connectivity index (χ1v) is 6.15. The number of rotatable bonds is 4.